The second-order valence-corrected chi connectivity index (χ2v) is 6.69. The van der Waals surface area contributed by atoms with Crippen molar-refractivity contribution >= 4 is 16.5 Å². The van der Waals surface area contributed by atoms with Crippen molar-refractivity contribution in [2.75, 3.05) is 18.0 Å². The molecule has 1 fully saturated rings. The summed E-state index contributed by atoms with van der Waals surface area (Å²) in [6, 6.07) is 16.1. The van der Waals surface area contributed by atoms with Crippen LogP contribution in [0, 0.1) is 6.92 Å². The lowest BCUT2D eigenvalue weighted by molar-refractivity contribution is 0.683. The molecule has 2 aromatic rings. The van der Waals surface area contributed by atoms with Crippen LogP contribution < -0.4 is 4.90 Å². The van der Waals surface area contributed by atoms with Gasteiger partial charge in [0.1, 0.15) is 0 Å². The number of hydrogen-bond acceptors (Lipinski definition) is 2. The van der Waals surface area contributed by atoms with Gasteiger partial charge in [0.2, 0.25) is 0 Å². The lowest BCUT2D eigenvalue weighted by Gasteiger charge is -2.20. The minimum absolute atomic E-state index is 0.877. The van der Waals surface area contributed by atoms with Crippen LogP contribution in [0.3, 0.4) is 0 Å². The Hall–Kier alpha value is -1.61. The molecule has 3 rings (SSSR count). The van der Waals surface area contributed by atoms with Gasteiger partial charge in [-0.25, -0.2) is 4.21 Å². The topological polar surface area (TPSA) is 20.3 Å². The quantitative estimate of drug-likeness (QED) is 0.856. The monoisotopic (exact) mass is 285 g/mol. The largest absolute Gasteiger partial charge is 0.371 e. The average molecular weight is 285 g/mol. The van der Waals surface area contributed by atoms with Crippen LogP contribution in [0.25, 0.3) is 0 Å². The highest BCUT2D eigenvalue weighted by Gasteiger charge is 2.19. The maximum absolute atomic E-state index is 12.8. The van der Waals surface area contributed by atoms with E-state index < -0.39 is 10.8 Å². The number of aryl methyl sites for hydroxylation is 1. The minimum atomic E-state index is -1.10. The van der Waals surface area contributed by atoms with Gasteiger partial charge in [0.25, 0.3) is 0 Å². The number of benzene rings is 2. The molecular weight excluding hydrogens is 266 g/mol. The Morgan fingerprint density at radius 2 is 1.60 bits per heavy atom. The third-order valence-electron chi connectivity index (χ3n) is 3.75. The zero-order valence-electron chi connectivity index (χ0n) is 11.7. The SMILES string of the molecule is Cc1ccc(S(=O)c2ccccc2N2CCCC2)cc1. The second-order valence-electron chi connectivity index (χ2n) is 5.24. The highest BCUT2D eigenvalue weighted by Crippen LogP contribution is 2.29. The Bertz CT molecular complexity index is 615. The molecule has 1 aliphatic heterocycles. The summed E-state index contributed by atoms with van der Waals surface area (Å²) in [5, 5.41) is 0. The van der Waals surface area contributed by atoms with Crippen LogP contribution in [0.2, 0.25) is 0 Å². The molecule has 1 aliphatic rings. The number of para-hydroxylation sites is 1. The van der Waals surface area contributed by atoms with Crippen LogP contribution in [0.1, 0.15) is 18.4 Å². The van der Waals surface area contributed by atoms with Gasteiger partial charge in [-0.1, -0.05) is 29.8 Å². The summed E-state index contributed by atoms with van der Waals surface area (Å²) in [5.74, 6) is 0. The standard InChI is InChI=1S/C17H19NOS/c1-14-8-10-15(11-9-14)20(19)17-7-3-2-6-16(17)18-12-4-5-13-18/h2-3,6-11H,4-5,12-13H2,1H3. The molecule has 1 saturated heterocycles. The van der Waals surface area contributed by atoms with E-state index in [0.29, 0.717) is 0 Å². The van der Waals surface area contributed by atoms with Gasteiger partial charge in [-0.3, -0.25) is 0 Å². The van der Waals surface area contributed by atoms with E-state index in [2.05, 4.69) is 11.0 Å². The molecule has 0 aliphatic carbocycles. The molecule has 0 amide bonds. The molecule has 20 heavy (non-hydrogen) atoms. The van der Waals surface area contributed by atoms with Crippen LogP contribution >= 0.6 is 0 Å². The molecule has 0 spiro atoms. The van der Waals surface area contributed by atoms with Gasteiger partial charge in [-0.2, -0.15) is 0 Å². The Morgan fingerprint density at radius 3 is 2.30 bits per heavy atom. The first kappa shape index (κ1) is 13.4. The van der Waals surface area contributed by atoms with Gasteiger partial charge in [0.15, 0.2) is 0 Å². The smallest absolute Gasteiger partial charge is 0.0870 e. The first-order valence-corrected chi connectivity index (χ1v) is 8.23. The number of hydrogen-bond donors (Lipinski definition) is 0. The van der Waals surface area contributed by atoms with Crippen molar-refractivity contribution in [1.29, 1.82) is 0 Å². The van der Waals surface area contributed by atoms with E-state index in [-0.39, 0.29) is 0 Å². The molecule has 3 heteroatoms. The summed E-state index contributed by atoms with van der Waals surface area (Å²) in [6.45, 7) is 4.19. The fourth-order valence-corrected chi connectivity index (χ4v) is 3.85. The molecule has 0 bridgehead atoms. The fraction of sp³-hybridized carbons (Fsp3) is 0.294. The summed E-state index contributed by atoms with van der Waals surface area (Å²) in [4.78, 5) is 4.15. The number of anilines is 1. The van der Waals surface area contributed by atoms with Crippen LogP contribution in [-0.2, 0) is 10.8 Å². The van der Waals surface area contributed by atoms with Gasteiger partial charge in [-0.15, -0.1) is 0 Å². The molecule has 2 aromatic carbocycles. The lowest BCUT2D eigenvalue weighted by atomic mass is 10.2. The minimum Gasteiger partial charge on any atom is -0.371 e. The highest BCUT2D eigenvalue weighted by atomic mass is 32.2. The van der Waals surface area contributed by atoms with Crippen molar-refractivity contribution in [3.8, 4) is 0 Å². The average Bonchev–Trinajstić information content (AvgIpc) is 3.01. The zero-order valence-corrected chi connectivity index (χ0v) is 12.5. The molecule has 0 N–H and O–H groups in total. The van der Waals surface area contributed by atoms with Crippen molar-refractivity contribution < 1.29 is 4.21 Å². The summed E-state index contributed by atoms with van der Waals surface area (Å²) in [7, 11) is -1.10. The summed E-state index contributed by atoms with van der Waals surface area (Å²) in [6.07, 6.45) is 2.46. The van der Waals surface area contributed by atoms with E-state index in [4.69, 9.17) is 0 Å². The molecule has 2 nitrogen and oxygen atoms in total. The van der Waals surface area contributed by atoms with E-state index in [1.807, 2.05) is 49.4 Å². The van der Waals surface area contributed by atoms with E-state index in [1.165, 1.54) is 18.4 Å². The van der Waals surface area contributed by atoms with Crippen LogP contribution in [0.5, 0.6) is 0 Å². The molecule has 104 valence electrons. The Morgan fingerprint density at radius 1 is 0.950 bits per heavy atom. The lowest BCUT2D eigenvalue weighted by Crippen LogP contribution is -2.19. The number of nitrogens with zero attached hydrogens (tertiary/aromatic N) is 1. The summed E-state index contributed by atoms with van der Waals surface area (Å²) >= 11 is 0. The fourth-order valence-electron chi connectivity index (χ4n) is 2.62. The Labute approximate surface area is 122 Å². The van der Waals surface area contributed by atoms with Crippen molar-refractivity contribution in [1.82, 2.24) is 0 Å². The van der Waals surface area contributed by atoms with E-state index in [9.17, 15) is 4.21 Å². The maximum Gasteiger partial charge on any atom is 0.0870 e. The zero-order chi connectivity index (χ0) is 13.9. The molecule has 1 heterocycles. The predicted octanol–water partition coefficient (Wildman–Crippen LogP) is 3.76. The molecular formula is C17H19NOS. The molecule has 1 unspecified atom stereocenters. The van der Waals surface area contributed by atoms with Crippen LogP contribution in [0.4, 0.5) is 5.69 Å². The van der Waals surface area contributed by atoms with E-state index >= 15 is 0 Å². The van der Waals surface area contributed by atoms with E-state index in [1.54, 1.807) is 0 Å². The summed E-state index contributed by atoms with van der Waals surface area (Å²) < 4.78 is 12.8. The van der Waals surface area contributed by atoms with Gasteiger partial charge in [0, 0.05) is 18.0 Å². The second kappa shape index (κ2) is 5.80. The summed E-state index contributed by atoms with van der Waals surface area (Å²) in [5.41, 5.74) is 2.32. The highest BCUT2D eigenvalue weighted by molar-refractivity contribution is 7.85. The predicted molar refractivity (Wildman–Crippen MR) is 83.7 cm³/mol. The maximum atomic E-state index is 12.8. The van der Waals surface area contributed by atoms with Crippen molar-refractivity contribution in [2.45, 2.75) is 29.6 Å². The van der Waals surface area contributed by atoms with Gasteiger partial charge in [-0.05, 0) is 44.0 Å². The van der Waals surface area contributed by atoms with Gasteiger partial charge in [0.05, 0.1) is 21.4 Å². The molecule has 0 aromatic heterocycles. The Balaban J connectivity index is 1.97. The van der Waals surface area contributed by atoms with Crippen molar-refractivity contribution in [2.24, 2.45) is 0 Å². The molecule has 1 atom stereocenters. The third kappa shape index (κ3) is 2.63. The third-order valence-corrected chi connectivity index (χ3v) is 5.19. The van der Waals surface area contributed by atoms with Crippen molar-refractivity contribution in [3.05, 3.63) is 54.1 Å². The van der Waals surface area contributed by atoms with Crippen LogP contribution in [-0.4, -0.2) is 17.3 Å². The Kier molecular flexibility index (Phi) is 3.88. The van der Waals surface area contributed by atoms with E-state index in [0.717, 1.165) is 28.6 Å². The van der Waals surface area contributed by atoms with Gasteiger partial charge < -0.3 is 4.90 Å². The van der Waals surface area contributed by atoms with Gasteiger partial charge >= 0.3 is 0 Å². The molecule has 0 saturated carbocycles. The normalized spacial score (nSPS) is 16.4. The van der Waals surface area contributed by atoms with Crippen LogP contribution in [0.15, 0.2) is 58.3 Å². The first-order valence-electron chi connectivity index (χ1n) is 7.08. The number of rotatable bonds is 3. The van der Waals surface area contributed by atoms with Crippen molar-refractivity contribution in [3.63, 3.8) is 0 Å². The molecule has 0 radical (unpaired) electrons. The first-order chi connectivity index (χ1) is 9.75.